The molecule has 3 aromatic carbocycles. The quantitative estimate of drug-likeness (QED) is 0.449. The van der Waals surface area contributed by atoms with Crippen LogP contribution in [0.5, 0.6) is 0 Å². The van der Waals surface area contributed by atoms with Crippen molar-refractivity contribution in [1.82, 2.24) is 4.90 Å². The van der Waals surface area contributed by atoms with Crippen molar-refractivity contribution in [2.75, 3.05) is 16.3 Å². The van der Waals surface area contributed by atoms with E-state index in [0.717, 1.165) is 36.2 Å². The average molecular weight is 508 g/mol. The molecule has 1 aliphatic carbocycles. The Bertz CT molecular complexity index is 1380. The topological polar surface area (TPSA) is 78.0 Å². The summed E-state index contributed by atoms with van der Waals surface area (Å²) in [6.45, 7) is 0.627. The van der Waals surface area contributed by atoms with Gasteiger partial charge in [-0.2, -0.15) is 0 Å². The molecule has 0 saturated heterocycles. The third-order valence-electron chi connectivity index (χ3n) is 7.93. The van der Waals surface area contributed by atoms with Gasteiger partial charge in [0.05, 0.1) is 35.0 Å². The third-order valence-corrected chi connectivity index (χ3v) is 7.93. The molecular weight excluding hydrogens is 478 g/mol. The van der Waals surface area contributed by atoms with Crippen LogP contribution < -0.4 is 9.80 Å². The van der Waals surface area contributed by atoms with Gasteiger partial charge in [0.1, 0.15) is 0 Å². The van der Waals surface area contributed by atoms with Crippen LogP contribution in [0.3, 0.4) is 0 Å². The van der Waals surface area contributed by atoms with E-state index in [9.17, 15) is 19.2 Å². The minimum atomic E-state index is -0.309. The lowest BCUT2D eigenvalue weighted by molar-refractivity contribution is -0.123. The van der Waals surface area contributed by atoms with Crippen LogP contribution in [0.4, 0.5) is 11.4 Å². The molecule has 2 unspecified atom stereocenters. The Balaban J connectivity index is 1.24. The van der Waals surface area contributed by atoms with Crippen LogP contribution in [-0.4, -0.2) is 41.1 Å². The van der Waals surface area contributed by atoms with Gasteiger partial charge in [0.25, 0.3) is 11.8 Å². The summed E-state index contributed by atoms with van der Waals surface area (Å²) in [6, 6.07) is 24.1. The number of para-hydroxylation sites is 2. The van der Waals surface area contributed by atoms with Gasteiger partial charge in [-0.15, -0.1) is 0 Å². The maximum Gasteiger partial charge on any atom is 0.261 e. The number of imide groups is 1. The smallest absolute Gasteiger partial charge is 0.261 e. The number of hydrogen-bond acceptors (Lipinski definition) is 4. The summed E-state index contributed by atoms with van der Waals surface area (Å²) in [6.07, 6.45) is 2.96. The van der Waals surface area contributed by atoms with Gasteiger partial charge in [0, 0.05) is 19.0 Å². The van der Waals surface area contributed by atoms with Crippen molar-refractivity contribution in [3.63, 3.8) is 0 Å². The molecule has 0 aromatic heterocycles. The van der Waals surface area contributed by atoms with Crippen molar-refractivity contribution >= 4 is 35.0 Å². The standard InChI is InChI=1S/C31H29N3O4/c35-28(18-9-19-32-29(36)22-12-4-5-13-23(22)30(32)37)34-25-17-8-14-24(25)31(38)33(20-21-10-2-1-3-11-21)26-15-6-7-16-27(26)34/h1-7,10-13,15-16,24-25H,8-9,14,17-20H2. The van der Waals surface area contributed by atoms with Gasteiger partial charge in [-0.3, -0.25) is 24.1 Å². The average Bonchev–Trinajstić information content (AvgIpc) is 3.49. The summed E-state index contributed by atoms with van der Waals surface area (Å²) in [4.78, 5) is 58.0. The first-order chi connectivity index (χ1) is 18.5. The van der Waals surface area contributed by atoms with E-state index >= 15 is 0 Å². The molecule has 3 aromatic rings. The van der Waals surface area contributed by atoms with Crippen LogP contribution in [0.2, 0.25) is 0 Å². The zero-order valence-corrected chi connectivity index (χ0v) is 21.1. The van der Waals surface area contributed by atoms with Crippen molar-refractivity contribution in [1.29, 1.82) is 0 Å². The molecule has 0 radical (unpaired) electrons. The minimum Gasteiger partial charge on any atom is -0.307 e. The number of hydrogen-bond donors (Lipinski definition) is 0. The maximum absolute atomic E-state index is 13.8. The maximum atomic E-state index is 13.8. The second kappa shape index (κ2) is 9.89. The molecule has 0 N–H and O–H groups in total. The highest BCUT2D eigenvalue weighted by atomic mass is 16.2. The highest BCUT2D eigenvalue weighted by Gasteiger charge is 2.45. The number of carbonyl (C=O) groups excluding carboxylic acids is 4. The second-order valence-corrected chi connectivity index (χ2v) is 10.2. The normalized spacial score (nSPS) is 20.3. The molecule has 1 fully saturated rings. The van der Waals surface area contributed by atoms with Crippen LogP contribution >= 0.6 is 0 Å². The number of rotatable bonds is 6. The van der Waals surface area contributed by atoms with E-state index in [1.54, 1.807) is 24.3 Å². The molecular formula is C31H29N3O4. The van der Waals surface area contributed by atoms with Gasteiger partial charge in [0.2, 0.25) is 11.8 Å². The number of benzene rings is 3. The van der Waals surface area contributed by atoms with Crippen LogP contribution in [0.1, 0.15) is 58.4 Å². The zero-order valence-electron chi connectivity index (χ0n) is 21.1. The van der Waals surface area contributed by atoms with Gasteiger partial charge in [-0.1, -0.05) is 61.0 Å². The summed E-state index contributed by atoms with van der Waals surface area (Å²) in [7, 11) is 0. The predicted molar refractivity (Wildman–Crippen MR) is 144 cm³/mol. The van der Waals surface area contributed by atoms with E-state index < -0.39 is 0 Å². The number of amides is 4. The van der Waals surface area contributed by atoms with Gasteiger partial charge in [-0.25, -0.2) is 0 Å². The minimum absolute atomic E-state index is 0.0603. The van der Waals surface area contributed by atoms with Gasteiger partial charge in [0.15, 0.2) is 0 Å². The Morgan fingerprint density at radius 2 is 1.37 bits per heavy atom. The van der Waals surface area contributed by atoms with Crippen molar-refractivity contribution in [3.8, 4) is 0 Å². The van der Waals surface area contributed by atoms with Crippen LogP contribution in [0, 0.1) is 5.92 Å². The number of carbonyl (C=O) groups is 4. The van der Waals surface area contributed by atoms with Gasteiger partial charge >= 0.3 is 0 Å². The van der Waals surface area contributed by atoms with Crippen molar-refractivity contribution < 1.29 is 19.2 Å². The Morgan fingerprint density at radius 3 is 2.08 bits per heavy atom. The Hall–Kier alpha value is -4.26. The molecule has 38 heavy (non-hydrogen) atoms. The fourth-order valence-electron chi connectivity index (χ4n) is 6.13. The van der Waals surface area contributed by atoms with E-state index in [2.05, 4.69) is 0 Å². The van der Waals surface area contributed by atoms with Crippen molar-refractivity contribution in [3.05, 3.63) is 95.6 Å². The molecule has 7 heteroatoms. The third kappa shape index (κ3) is 4.08. The number of fused-ring (bicyclic) bond motifs is 3. The fourth-order valence-corrected chi connectivity index (χ4v) is 6.13. The monoisotopic (exact) mass is 507 g/mol. The molecule has 2 heterocycles. The summed E-state index contributed by atoms with van der Waals surface area (Å²) < 4.78 is 0. The molecule has 6 rings (SSSR count). The van der Waals surface area contributed by atoms with Crippen molar-refractivity contribution in [2.45, 2.75) is 44.7 Å². The fraction of sp³-hybridized carbons (Fsp3) is 0.290. The zero-order chi connectivity index (χ0) is 26.2. The molecule has 0 bridgehead atoms. The lowest BCUT2D eigenvalue weighted by atomic mass is 10.00. The van der Waals surface area contributed by atoms with Gasteiger partial charge < -0.3 is 9.80 Å². The van der Waals surface area contributed by atoms with Crippen molar-refractivity contribution in [2.24, 2.45) is 5.92 Å². The lowest BCUT2D eigenvalue weighted by Crippen LogP contribution is -2.45. The lowest BCUT2D eigenvalue weighted by Gasteiger charge is -2.31. The molecule has 2 aliphatic heterocycles. The van der Waals surface area contributed by atoms with Crippen LogP contribution in [-0.2, 0) is 16.1 Å². The number of anilines is 2. The Kier molecular flexibility index (Phi) is 6.27. The first-order valence-electron chi connectivity index (χ1n) is 13.3. The largest absolute Gasteiger partial charge is 0.307 e. The predicted octanol–water partition coefficient (Wildman–Crippen LogP) is 4.81. The number of nitrogens with zero attached hydrogens (tertiary/aromatic N) is 3. The highest BCUT2D eigenvalue weighted by molar-refractivity contribution is 6.21. The molecule has 7 nitrogen and oxygen atoms in total. The van der Waals surface area contributed by atoms with E-state index in [1.165, 1.54) is 4.90 Å². The molecule has 3 aliphatic rings. The van der Waals surface area contributed by atoms with E-state index in [4.69, 9.17) is 0 Å². The highest BCUT2D eigenvalue weighted by Crippen LogP contribution is 2.43. The van der Waals surface area contributed by atoms with Crippen LogP contribution in [0.15, 0.2) is 78.9 Å². The van der Waals surface area contributed by atoms with E-state index in [-0.39, 0.29) is 48.6 Å². The molecule has 4 amide bonds. The van der Waals surface area contributed by atoms with E-state index in [1.807, 2.05) is 64.4 Å². The first kappa shape index (κ1) is 24.1. The second-order valence-electron chi connectivity index (χ2n) is 10.2. The Morgan fingerprint density at radius 1 is 0.737 bits per heavy atom. The summed E-state index contributed by atoms with van der Waals surface area (Å²) in [5, 5.41) is 0. The molecule has 192 valence electrons. The molecule has 2 atom stereocenters. The summed E-state index contributed by atoms with van der Waals surface area (Å²) >= 11 is 0. The molecule has 0 spiro atoms. The summed E-state index contributed by atoms with van der Waals surface area (Å²) in [5.41, 5.74) is 3.35. The Labute approximate surface area is 221 Å². The summed E-state index contributed by atoms with van der Waals surface area (Å²) in [5.74, 6) is -0.899. The van der Waals surface area contributed by atoms with Gasteiger partial charge in [-0.05, 0) is 49.1 Å². The first-order valence-corrected chi connectivity index (χ1v) is 13.3. The van der Waals surface area contributed by atoms with Crippen LogP contribution in [0.25, 0.3) is 0 Å². The van der Waals surface area contributed by atoms with E-state index in [0.29, 0.717) is 24.1 Å². The SMILES string of the molecule is O=C1c2ccccc2C(=O)N1CCCC(=O)N1c2ccccc2N(Cc2ccccc2)C(=O)C2CCCC21. The molecule has 1 saturated carbocycles.